The van der Waals surface area contributed by atoms with Crippen molar-refractivity contribution < 1.29 is 18.3 Å². The molecule has 0 amide bonds. The Kier molecular flexibility index (Phi) is 3.93. The number of carbonyl (C=O) groups is 1. The molecule has 0 aromatic carbocycles. The van der Waals surface area contributed by atoms with E-state index in [1.165, 1.54) is 12.8 Å². The van der Waals surface area contributed by atoms with E-state index in [0.29, 0.717) is 24.5 Å². The average Bonchev–Trinajstić information content (AvgIpc) is 2.50. The van der Waals surface area contributed by atoms with E-state index < -0.39 is 21.7 Å². The largest absolute Gasteiger partial charge is 0.480 e. The van der Waals surface area contributed by atoms with Gasteiger partial charge in [0.05, 0.1) is 0 Å². The molecule has 0 aliphatic carbocycles. The lowest BCUT2D eigenvalue weighted by molar-refractivity contribution is -0.134. The molecule has 104 valence electrons. The molecule has 2 fully saturated rings. The molecule has 7 heteroatoms. The Balaban J connectivity index is 1.83. The Morgan fingerprint density at radius 1 is 1.33 bits per heavy atom. The van der Waals surface area contributed by atoms with E-state index >= 15 is 0 Å². The van der Waals surface area contributed by atoms with Gasteiger partial charge >= 0.3 is 5.97 Å². The predicted octanol–water partition coefficient (Wildman–Crippen LogP) is -0.137. The van der Waals surface area contributed by atoms with Crippen LogP contribution < -0.4 is 4.72 Å². The van der Waals surface area contributed by atoms with E-state index in [2.05, 4.69) is 16.7 Å². The second-order valence-electron chi connectivity index (χ2n) is 5.39. The zero-order valence-corrected chi connectivity index (χ0v) is 11.3. The minimum atomic E-state index is -3.67. The molecular formula is C11H20N2O4S. The molecule has 0 radical (unpaired) electrons. The molecule has 2 aliphatic rings. The molecule has 6 nitrogen and oxygen atoms in total. The third-order valence-corrected chi connectivity index (χ3v) is 5.33. The lowest BCUT2D eigenvalue weighted by Crippen LogP contribution is -2.43. The van der Waals surface area contributed by atoms with Crippen LogP contribution in [0.5, 0.6) is 0 Å². The van der Waals surface area contributed by atoms with E-state index in [4.69, 9.17) is 5.11 Å². The smallest absolute Gasteiger partial charge is 0.320 e. The molecule has 0 saturated carbocycles. The van der Waals surface area contributed by atoms with Crippen molar-refractivity contribution in [3.63, 3.8) is 0 Å². The number of carboxylic acids is 1. The minimum Gasteiger partial charge on any atom is -0.480 e. The molecule has 0 aromatic rings. The molecule has 2 unspecified atom stereocenters. The maximum Gasteiger partial charge on any atom is 0.320 e. The first-order valence-corrected chi connectivity index (χ1v) is 7.93. The second-order valence-corrected chi connectivity index (χ2v) is 7.20. The van der Waals surface area contributed by atoms with E-state index in [9.17, 15) is 13.2 Å². The lowest BCUT2D eigenvalue weighted by Gasteiger charge is -2.36. The van der Waals surface area contributed by atoms with Gasteiger partial charge in [0.15, 0.2) is 5.75 Å². The number of fused-ring (bicyclic) bond motifs is 2. The fraction of sp³-hybridized carbons (Fsp3) is 0.909. The summed E-state index contributed by atoms with van der Waals surface area (Å²) in [5, 5.41) is 8.49. The second kappa shape index (κ2) is 5.14. The molecule has 2 saturated heterocycles. The third kappa shape index (κ3) is 3.21. The third-order valence-electron chi connectivity index (χ3n) is 4.10. The SMILES string of the molecule is CN1C2CCC1CC(CNS(=O)(=O)CC(=O)O)C2. The maximum absolute atomic E-state index is 11.4. The Morgan fingerprint density at radius 3 is 2.39 bits per heavy atom. The number of piperidine rings is 1. The van der Waals surface area contributed by atoms with Crippen molar-refractivity contribution in [1.82, 2.24) is 9.62 Å². The quantitative estimate of drug-likeness (QED) is 0.730. The summed E-state index contributed by atoms with van der Waals surface area (Å²) in [4.78, 5) is 12.8. The van der Waals surface area contributed by atoms with Gasteiger partial charge in [-0.05, 0) is 38.6 Å². The van der Waals surface area contributed by atoms with Crippen LogP contribution in [0.4, 0.5) is 0 Å². The van der Waals surface area contributed by atoms with Crippen molar-refractivity contribution in [2.24, 2.45) is 5.92 Å². The van der Waals surface area contributed by atoms with Gasteiger partial charge in [0.25, 0.3) is 0 Å². The number of hydrogen-bond donors (Lipinski definition) is 2. The van der Waals surface area contributed by atoms with Gasteiger partial charge in [-0.2, -0.15) is 0 Å². The Hall–Kier alpha value is -0.660. The Morgan fingerprint density at radius 2 is 1.89 bits per heavy atom. The average molecular weight is 276 g/mol. The van der Waals surface area contributed by atoms with Crippen LogP contribution in [-0.4, -0.2) is 55.8 Å². The van der Waals surface area contributed by atoms with Crippen molar-refractivity contribution in [2.75, 3.05) is 19.3 Å². The molecule has 18 heavy (non-hydrogen) atoms. The summed E-state index contributed by atoms with van der Waals surface area (Å²) < 4.78 is 25.3. The first kappa shape index (κ1) is 13.8. The van der Waals surface area contributed by atoms with Gasteiger partial charge in [0, 0.05) is 18.6 Å². The van der Waals surface area contributed by atoms with Gasteiger partial charge < -0.3 is 10.0 Å². The van der Waals surface area contributed by atoms with Crippen LogP contribution in [-0.2, 0) is 14.8 Å². The summed E-state index contributed by atoms with van der Waals surface area (Å²) in [6.07, 6.45) is 4.39. The zero-order valence-electron chi connectivity index (χ0n) is 10.5. The molecule has 2 aliphatic heterocycles. The summed E-state index contributed by atoms with van der Waals surface area (Å²) in [5.41, 5.74) is 0. The minimum absolute atomic E-state index is 0.335. The molecular weight excluding hydrogens is 256 g/mol. The number of hydrogen-bond acceptors (Lipinski definition) is 4. The monoisotopic (exact) mass is 276 g/mol. The van der Waals surface area contributed by atoms with E-state index in [-0.39, 0.29) is 0 Å². The molecule has 2 atom stereocenters. The van der Waals surface area contributed by atoms with Crippen LogP contribution in [0.2, 0.25) is 0 Å². The molecule has 0 aromatic heterocycles. The van der Waals surface area contributed by atoms with Crippen LogP contribution in [0.15, 0.2) is 0 Å². The van der Waals surface area contributed by atoms with Crippen LogP contribution >= 0.6 is 0 Å². The number of carboxylic acid groups (broad SMARTS) is 1. The van der Waals surface area contributed by atoms with Crippen LogP contribution in [0.25, 0.3) is 0 Å². The standard InChI is InChI=1S/C11H20N2O4S/c1-13-9-2-3-10(13)5-8(4-9)6-12-18(16,17)7-11(14)15/h8-10,12H,2-7H2,1H3,(H,14,15). The number of rotatable bonds is 5. The lowest BCUT2D eigenvalue weighted by atomic mass is 9.91. The number of nitrogens with one attached hydrogen (secondary N) is 1. The number of aliphatic carboxylic acids is 1. The van der Waals surface area contributed by atoms with Crippen molar-refractivity contribution >= 4 is 16.0 Å². The Labute approximate surface area is 107 Å². The molecule has 2 bridgehead atoms. The molecule has 2 rings (SSSR count). The number of sulfonamides is 1. The molecule has 2 heterocycles. The normalized spacial score (nSPS) is 32.6. The van der Waals surface area contributed by atoms with E-state index in [1.807, 2.05) is 0 Å². The van der Waals surface area contributed by atoms with Gasteiger partial charge in [-0.3, -0.25) is 4.79 Å². The highest BCUT2D eigenvalue weighted by molar-refractivity contribution is 7.90. The zero-order chi connectivity index (χ0) is 13.3. The maximum atomic E-state index is 11.4. The molecule has 2 N–H and O–H groups in total. The van der Waals surface area contributed by atoms with Crippen LogP contribution in [0, 0.1) is 5.92 Å². The fourth-order valence-corrected chi connectivity index (χ4v) is 4.07. The van der Waals surface area contributed by atoms with Gasteiger partial charge in [0.2, 0.25) is 10.0 Å². The topological polar surface area (TPSA) is 86.7 Å². The van der Waals surface area contributed by atoms with Gasteiger partial charge in [-0.25, -0.2) is 13.1 Å². The highest BCUT2D eigenvalue weighted by Crippen LogP contribution is 2.37. The van der Waals surface area contributed by atoms with Crippen molar-refractivity contribution in [1.29, 1.82) is 0 Å². The summed E-state index contributed by atoms with van der Waals surface area (Å²) in [6, 6.07) is 1.13. The van der Waals surface area contributed by atoms with Crippen molar-refractivity contribution in [3.05, 3.63) is 0 Å². The van der Waals surface area contributed by atoms with Crippen molar-refractivity contribution in [2.45, 2.75) is 37.8 Å². The first-order valence-electron chi connectivity index (χ1n) is 6.28. The Bertz CT molecular complexity index is 409. The number of nitrogens with zero attached hydrogens (tertiary/aromatic N) is 1. The van der Waals surface area contributed by atoms with Crippen molar-refractivity contribution in [3.8, 4) is 0 Å². The van der Waals surface area contributed by atoms with E-state index in [1.54, 1.807) is 0 Å². The van der Waals surface area contributed by atoms with Gasteiger partial charge in [-0.1, -0.05) is 0 Å². The highest BCUT2D eigenvalue weighted by atomic mass is 32.2. The highest BCUT2D eigenvalue weighted by Gasteiger charge is 2.38. The first-order chi connectivity index (χ1) is 8.37. The summed E-state index contributed by atoms with van der Waals surface area (Å²) >= 11 is 0. The van der Waals surface area contributed by atoms with Gasteiger partial charge in [-0.15, -0.1) is 0 Å². The van der Waals surface area contributed by atoms with E-state index in [0.717, 1.165) is 12.8 Å². The summed E-state index contributed by atoms with van der Waals surface area (Å²) in [7, 11) is -1.54. The van der Waals surface area contributed by atoms with Gasteiger partial charge in [0.1, 0.15) is 0 Å². The van der Waals surface area contributed by atoms with Crippen LogP contribution in [0.1, 0.15) is 25.7 Å². The predicted molar refractivity (Wildman–Crippen MR) is 66.7 cm³/mol. The fourth-order valence-electron chi connectivity index (χ4n) is 3.15. The van der Waals surface area contributed by atoms with Crippen LogP contribution in [0.3, 0.4) is 0 Å². The summed E-state index contributed by atoms with van der Waals surface area (Å²) in [6.45, 7) is 0.371. The summed E-state index contributed by atoms with van der Waals surface area (Å²) in [5.74, 6) is -1.82. The molecule has 0 spiro atoms.